The zero-order chi connectivity index (χ0) is 79.0. The van der Waals surface area contributed by atoms with Crippen LogP contribution in [-0.4, -0.2) is 226 Å². The molecule has 4 aliphatic rings. The minimum atomic E-state index is -6.11. The van der Waals surface area contributed by atoms with Crippen molar-refractivity contribution in [3.63, 3.8) is 0 Å². The van der Waals surface area contributed by atoms with Crippen LogP contribution in [0.2, 0.25) is 5.02 Å². The Kier molecular flexibility index (Phi) is 29.6. The summed E-state index contributed by atoms with van der Waals surface area (Å²) in [6, 6.07) is 31.5. The summed E-state index contributed by atoms with van der Waals surface area (Å²) in [7, 11) is -8.99. The number of likely N-dealkylation sites (tertiary alicyclic amines) is 1. The van der Waals surface area contributed by atoms with Gasteiger partial charge in [0.1, 0.15) is 30.2 Å². The average molecular weight is 1620 g/mol. The highest BCUT2D eigenvalue weighted by molar-refractivity contribution is 7.99. The van der Waals surface area contributed by atoms with Gasteiger partial charge in [0.25, 0.3) is 25.8 Å². The number of allylic oxidation sites excluding steroid dienone is 1. The number of ether oxygens (including phenoxy) is 3. The second-order valence-electron chi connectivity index (χ2n) is 30.0. The second-order valence-corrected chi connectivity index (χ2v) is 36.0. The van der Waals surface area contributed by atoms with E-state index in [1.165, 1.54) is 35.0 Å². The number of thiazole rings is 1. The number of halogens is 4. The number of carbonyl (C=O) groups excluding carboxylic acids is 5. The molecule has 0 spiro atoms. The van der Waals surface area contributed by atoms with Gasteiger partial charge in [0.15, 0.2) is 0 Å². The van der Waals surface area contributed by atoms with E-state index in [9.17, 15) is 54.0 Å². The van der Waals surface area contributed by atoms with Crippen molar-refractivity contribution in [2.24, 2.45) is 10.8 Å². The number of amides is 5. The fraction of sp³-hybridized carbons (Fsp3) is 0.494. The van der Waals surface area contributed by atoms with E-state index >= 15 is 0 Å². The maximum atomic E-state index is 14.4. The van der Waals surface area contributed by atoms with Gasteiger partial charge >= 0.3 is 5.51 Å². The van der Waals surface area contributed by atoms with E-state index < -0.39 is 76.2 Å². The highest BCUT2D eigenvalue weighted by Crippen LogP contribution is 2.44. The summed E-state index contributed by atoms with van der Waals surface area (Å²) in [4.78, 5) is 82.4. The van der Waals surface area contributed by atoms with Gasteiger partial charge in [-0.2, -0.15) is 13.2 Å². The van der Waals surface area contributed by atoms with Gasteiger partial charge in [-0.15, -0.1) is 23.1 Å². The first-order chi connectivity index (χ1) is 52.3. The van der Waals surface area contributed by atoms with E-state index in [4.69, 9.17) is 25.8 Å². The van der Waals surface area contributed by atoms with Crippen LogP contribution in [-0.2, 0) is 53.2 Å². The maximum Gasteiger partial charge on any atom is 0.501 e. The van der Waals surface area contributed by atoms with Crippen LogP contribution in [0.25, 0.3) is 16.0 Å². The van der Waals surface area contributed by atoms with E-state index in [1.807, 2.05) is 119 Å². The van der Waals surface area contributed by atoms with Crippen molar-refractivity contribution in [2.45, 2.75) is 124 Å². The van der Waals surface area contributed by atoms with E-state index in [1.54, 1.807) is 28.4 Å². The number of likely N-dealkylation sites (N-methyl/N-ethyl adjacent to an activating group) is 1. The monoisotopic (exact) mass is 1620 g/mol. The van der Waals surface area contributed by atoms with Gasteiger partial charge in [-0.1, -0.05) is 99.5 Å². The smallest absolute Gasteiger partial charge is 0.380 e. The second kappa shape index (κ2) is 38.4. The van der Waals surface area contributed by atoms with Gasteiger partial charge in [-0.3, -0.25) is 33.8 Å². The summed E-state index contributed by atoms with van der Waals surface area (Å²) >= 11 is 9.38. The number of sulfonamides is 1. The molecule has 5 aromatic carbocycles. The molecule has 3 saturated heterocycles. The fourth-order valence-electron chi connectivity index (χ4n) is 14.4. The molecule has 3 fully saturated rings. The number of rotatable bonds is 34. The van der Waals surface area contributed by atoms with Crippen LogP contribution in [0, 0.1) is 17.8 Å². The molecule has 3 aliphatic heterocycles. The van der Waals surface area contributed by atoms with Crippen LogP contribution in [0.3, 0.4) is 0 Å². The minimum Gasteiger partial charge on any atom is -0.380 e. The predicted octanol–water partition coefficient (Wildman–Crippen LogP) is 10.7. The van der Waals surface area contributed by atoms with Gasteiger partial charge in [0.2, 0.25) is 23.6 Å². The predicted molar refractivity (Wildman–Crippen MR) is 423 cm³/mol. The Hall–Kier alpha value is -7.49. The average Bonchev–Trinajstić information content (AvgIpc) is 0.877. The third-order valence-electron chi connectivity index (χ3n) is 20.4. The maximum absolute atomic E-state index is 14.4. The molecule has 2 unspecified atom stereocenters. The molecule has 31 heteroatoms. The molecule has 5 atom stereocenters. The number of anilines is 2. The Morgan fingerprint density at radius 3 is 2.15 bits per heavy atom. The standard InChI is InChI=1S/C79H101ClF3N11O12S4/c1-54(56-15-17-58(18-16-56)72-55(2)85-53-108-72)86-75(98)68-14-11-33-94(68)76(99)73(77(3,4)5)88-71(96)50-106-45-44-105-49-70(95)84-32-35-90(7)52-78(6)31-29-66(57-19-23-61(80)24-20-57)60(47-78)48-92-36-38-93(39-37-92)63-25-21-59(22-26-63)74(97)89-110(102,103)65-27-28-67(69(46-65)109(100,101)79(81,82)83)87-62(30-34-91-40-42-104-43-41-91)51-107-64-12-9-8-10-13-64/h8-10,12-13,15-28,46,53-54,62,68,73,87H,11,14,29-45,47-52H2,1-7H3,(H,84,95)(H,86,98)(H,88,96)(H,89,97)/t54-,62+,68-,73?,78?/m0/s1. The first-order valence-corrected chi connectivity index (χ1v) is 42.4. The minimum absolute atomic E-state index is 0.0279. The molecule has 1 aliphatic carbocycles. The molecule has 5 N–H and O–H groups in total. The van der Waals surface area contributed by atoms with Crippen LogP contribution < -0.4 is 30.9 Å². The van der Waals surface area contributed by atoms with Crippen LogP contribution >= 0.6 is 34.7 Å². The number of sulfone groups is 1. The van der Waals surface area contributed by atoms with Gasteiger partial charge in [0.05, 0.1) is 59.1 Å². The van der Waals surface area contributed by atoms with E-state index in [0.717, 1.165) is 82.3 Å². The summed E-state index contributed by atoms with van der Waals surface area (Å²) in [5, 5.41) is 12.6. The van der Waals surface area contributed by atoms with Crippen LogP contribution in [0.15, 0.2) is 147 Å². The Morgan fingerprint density at radius 2 is 1.49 bits per heavy atom. The first-order valence-electron chi connectivity index (χ1n) is 37.2. The lowest BCUT2D eigenvalue weighted by Crippen LogP contribution is -2.58. The summed E-state index contributed by atoms with van der Waals surface area (Å²) in [5.74, 6) is -2.11. The lowest BCUT2D eigenvalue weighted by Gasteiger charge is -2.42. The Balaban J connectivity index is 0.653. The van der Waals surface area contributed by atoms with Gasteiger partial charge in [-0.05, 0) is 159 Å². The molecule has 23 nitrogen and oxygen atoms in total. The molecule has 0 radical (unpaired) electrons. The van der Waals surface area contributed by atoms with Crippen molar-refractivity contribution in [3.8, 4) is 10.4 Å². The molecular weight excluding hydrogens is 1520 g/mol. The number of nitrogens with one attached hydrogen (secondary N) is 5. The number of piperazine rings is 1. The number of thioether (sulfide) groups is 1. The Bertz CT molecular complexity index is 4390. The lowest BCUT2D eigenvalue weighted by atomic mass is 9.71. The zero-order valence-electron chi connectivity index (χ0n) is 63.3. The number of morpholine rings is 1. The molecule has 10 rings (SSSR count). The summed E-state index contributed by atoms with van der Waals surface area (Å²) in [5.41, 5.74) is 2.25. The molecular formula is C79H101ClF3N11O12S4. The normalized spacial score (nSPS) is 18.6. The van der Waals surface area contributed by atoms with E-state index in [2.05, 4.69) is 64.9 Å². The van der Waals surface area contributed by atoms with Crippen LogP contribution in [0.5, 0.6) is 0 Å². The largest absolute Gasteiger partial charge is 0.501 e. The lowest BCUT2D eigenvalue weighted by molar-refractivity contribution is -0.144. The SMILES string of the molecule is Cc1ncsc1-c1ccc([C@H](C)NC(=O)[C@@H]2CCCN2C(=O)C(NC(=O)COCCOCC(=O)NCCN(C)CC2(C)CCC(c3ccc(Cl)cc3)=C(CN3CCN(c4ccc(C(=O)NS(=O)(=O)c5ccc(N[C@H](CCN6CCOCC6)CSc6ccccc6)c(S(=O)(=O)C(F)(F)F)c5)cc4)CC3)C2)C(C)(C)C)cc1. The van der Waals surface area contributed by atoms with Crippen molar-refractivity contribution in [1.29, 1.82) is 0 Å². The van der Waals surface area contributed by atoms with Crippen LogP contribution in [0.1, 0.15) is 106 Å². The van der Waals surface area contributed by atoms with Crippen molar-refractivity contribution >= 4 is 101 Å². The first kappa shape index (κ1) is 84.9. The molecule has 6 aromatic rings. The fourth-order valence-corrected chi connectivity index (χ4v) is 18.3. The highest BCUT2D eigenvalue weighted by atomic mass is 35.5. The number of carbonyl (C=O) groups is 5. The number of aromatic nitrogens is 1. The summed E-state index contributed by atoms with van der Waals surface area (Å²) < 4.78 is 116. The summed E-state index contributed by atoms with van der Waals surface area (Å²) in [6.07, 6.45) is 4.18. The third-order valence-corrected chi connectivity index (χ3v) is 25.7. The number of nitrogens with zero attached hydrogens (tertiary/aromatic N) is 6. The highest BCUT2D eigenvalue weighted by Gasteiger charge is 2.49. The van der Waals surface area contributed by atoms with Crippen molar-refractivity contribution in [1.82, 2.24) is 45.3 Å². The summed E-state index contributed by atoms with van der Waals surface area (Å²) in [6.45, 7) is 19.8. The third kappa shape index (κ3) is 23.3. The molecule has 0 bridgehead atoms. The topological polar surface area (TPSA) is 271 Å². The molecule has 0 saturated carbocycles. The van der Waals surface area contributed by atoms with E-state index in [-0.39, 0.29) is 61.2 Å². The number of alkyl halides is 3. The van der Waals surface area contributed by atoms with E-state index in [0.29, 0.717) is 115 Å². The Labute approximate surface area is 657 Å². The van der Waals surface area contributed by atoms with Crippen molar-refractivity contribution in [3.05, 3.63) is 160 Å². The van der Waals surface area contributed by atoms with Gasteiger partial charge < -0.3 is 50.2 Å². The number of aryl methyl sites for hydroxylation is 1. The molecule has 110 heavy (non-hydrogen) atoms. The number of hydrogen-bond donors (Lipinski definition) is 5. The number of benzene rings is 5. The quantitative estimate of drug-likeness (QED) is 0.0186. The molecule has 5 amide bonds. The molecule has 1 aromatic heterocycles. The molecule has 596 valence electrons. The van der Waals surface area contributed by atoms with Crippen molar-refractivity contribution < 1.29 is 68.2 Å². The Morgan fingerprint density at radius 1 is 0.818 bits per heavy atom. The van der Waals surface area contributed by atoms with Crippen molar-refractivity contribution in [2.75, 3.05) is 141 Å². The zero-order valence-corrected chi connectivity index (χ0v) is 67.4. The van der Waals surface area contributed by atoms with Gasteiger partial charge in [0, 0.05) is 112 Å². The molecule has 4 heterocycles. The van der Waals surface area contributed by atoms with Gasteiger partial charge in [-0.25, -0.2) is 26.5 Å². The van der Waals surface area contributed by atoms with Crippen LogP contribution in [0.4, 0.5) is 24.5 Å². The number of hydrogen-bond acceptors (Lipinski definition) is 20.